The molecule has 1 aliphatic rings. The number of nitrogens with one attached hydrogen (secondary N) is 1. The molecule has 1 aromatic heterocycles. The van der Waals surface area contributed by atoms with Crippen LogP contribution in [0.4, 0.5) is 0 Å². The van der Waals surface area contributed by atoms with Gasteiger partial charge in [-0.2, -0.15) is 0 Å². The van der Waals surface area contributed by atoms with Gasteiger partial charge in [-0.15, -0.1) is 0 Å². The molecule has 1 heterocycles. The van der Waals surface area contributed by atoms with Crippen LogP contribution in [0.15, 0.2) is 18.3 Å². The van der Waals surface area contributed by atoms with Crippen LogP contribution >= 0.6 is 0 Å². The van der Waals surface area contributed by atoms with E-state index >= 15 is 0 Å². The van der Waals surface area contributed by atoms with Crippen molar-refractivity contribution in [2.75, 3.05) is 5.75 Å². The van der Waals surface area contributed by atoms with Crippen LogP contribution in [-0.4, -0.2) is 19.2 Å². The molecule has 0 saturated heterocycles. The highest BCUT2D eigenvalue weighted by atomic mass is 32.2. The summed E-state index contributed by atoms with van der Waals surface area (Å²) in [5.41, 5.74) is 1.84. The Morgan fingerprint density at radius 3 is 2.63 bits per heavy atom. The molecule has 1 aliphatic carbocycles. The zero-order chi connectivity index (χ0) is 13.9. The third-order valence-corrected chi connectivity index (χ3v) is 5.34. The number of nitrogens with zero attached hydrogens (tertiary/aromatic N) is 1. The molecular formula is C14H22N2O2S. The normalized spacial score (nSPS) is 18.6. The highest BCUT2D eigenvalue weighted by Gasteiger charge is 2.24. The zero-order valence-corrected chi connectivity index (χ0v) is 12.4. The van der Waals surface area contributed by atoms with Gasteiger partial charge in [0.05, 0.1) is 5.75 Å². The molecule has 19 heavy (non-hydrogen) atoms. The minimum Gasteiger partial charge on any atom is -0.261 e. The molecule has 2 rings (SSSR count). The second kappa shape index (κ2) is 6.01. The van der Waals surface area contributed by atoms with Gasteiger partial charge in [-0.25, -0.2) is 13.1 Å². The highest BCUT2D eigenvalue weighted by molar-refractivity contribution is 7.89. The van der Waals surface area contributed by atoms with E-state index in [9.17, 15) is 8.42 Å². The van der Waals surface area contributed by atoms with Gasteiger partial charge >= 0.3 is 0 Å². The van der Waals surface area contributed by atoms with Gasteiger partial charge in [0.15, 0.2) is 0 Å². The summed E-state index contributed by atoms with van der Waals surface area (Å²) >= 11 is 0. The van der Waals surface area contributed by atoms with Crippen LogP contribution in [0.1, 0.15) is 49.9 Å². The predicted molar refractivity (Wildman–Crippen MR) is 76.3 cm³/mol. The summed E-state index contributed by atoms with van der Waals surface area (Å²) in [6, 6.07) is 3.60. The Hall–Kier alpha value is -0.940. The summed E-state index contributed by atoms with van der Waals surface area (Å²) < 4.78 is 27.0. The van der Waals surface area contributed by atoms with Crippen molar-refractivity contribution in [1.82, 2.24) is 9.71 Å². The van der Waals surface area contributed by atoms with Crippen molar-refractivity contribution < 1.29 is 8.42 Å². The molecule has 1 aromatic rings. The van der Waals surface area contributed by atoms with Gasteiger partial charge < -0.3 is 0 Å². The molecule has 0 bridgehead atoms. The molecule has 1 fully saturated rings. The van der Waals surface area contributed by atoms with E-state index < -0.39 is 10.0 Å². The number of hydrogen-bond acceptors (Lipinski definition) is 3. The van der Waals surface area contributed by atoms with E-state index in [1.165, 1.54) is 0 Å². The van der Waals surface area contributed by atoms with Crippen LogP contribution in [0.2, 0.25) is 0 Å². The van der Waals surface area contributed by atoms with E-state index in [1.807, 2.05) is 26.0 Å². The standard InChI is InChI=1S/C14H22N2O2S/c1-11-7-8-14(9-15-11)12(2)16-19(17,18)10-13-5-3-4-6-13/h7-9,12-13,16H,3-6,10H2,1-2H3. The molecule has 0 aromatic carbocycles. The van der Waals surface area contributed by atoms with Gasteiger partial charge in [-0.05, 0) is 44.2 Å². The Morgan fingerprint density at radius 2 is 2.05 bits per heavy atom. The summed E-state index contributed by atoms with van der Waals surface area (Å²) in [6.45, 7) is 3.78. The second-order valence-corrected chi connectivity index (χ2v) is 7.30. The van der Waals surface area contributed by atoms with Gasteiger partial charge in [0.2, 0.25) is 10.0 Å². The van der Waals surface area contributed by atoms with Crippen LogP contribution in [0.5, 0.6) is 0 Å². The van der Waals surface area contributed by atoms with Gasteiger partial charge in [0.25, 0.3) is 0 Å². The summed E-state index contributed by atoms with van der Waals surface area (Å²) in [6.07, 6.45) is 6.15. The molecular weight excluding hydrogens is 260 g/mol. The summed E-state index contributed by atoms with van der Waals surface area (Å²) in [4.78, 5) is 4.20. The lowest BCUT2D eigenvalue weighted by molar-refractivity contribution is 0.537. The molecule has 0 aliphatic heterocycles. The fourth-order valence-electron chi connectivity index (χ4n) is 2.61. The van der Waals surface area contributed by atoms with Gasteiger partial charge in [0, 0.05) is 17.9 Å². The minimum atomic E-state index is -3.20. The SMILES string of the molecule is Cc1ccc(C(C)NS(=O)(=O)CC2CCCC2)cn1. The lowest BCUT2D eigenvalue weighted by Gasteiger charge is -2.16. The Kier molecular flexibility index (Phi) is 4.58. The predicted octanol–water partition coefficient (Wildman–Crippen LogP) is 2.56. The average Bonchev–Trinajstić information content (AvgIpc) is 2.81. The largest absolute Gasteiger partial charge is 0.261 e. The maximum atomic E-state index is 12.1. The third-order valence-electron chi connectivity index (χ3n) is 3.72. The molecule has 0 spiro atoms. The molecule has 1 atom stereocenters. The van der Waals surface area contributed by atoms with E-state index in [0.29, 0.717) is 5.92 Å². The van der Waals surface area contributed by atoms with E-state index in [2.05, 4.69) is 9.71 Å². The molecule has 5 heteroatoms. The molecule has 4 nitrogen and oxygen atoms in total. The maximum absolute atomic E-state index is 12.1. The second-order valence-electron chi connectivity index (χ2n) is 5.50. The molecule has 0 amide bonds. The minimum absolute atomic E-state index is 0.223. The Labute approximate surface area is 115 Å². The van der Waals surface area contributed by atoms with Crippen molar-refractivity contribution >= 4 is 10.0 Å². The molecule has 1 unspecified atom stereocenters. The first-order chi connectivity index (χ1) is 8.96. The summed E-state index contributed by atoms with van der Waals surface area (Å²) in [7, 11) is -3.20. The third kappa shape index (κ3) is 4.28. The lowest BCUT2D eigenvalue weighted by Crippen LogP contribution is -2.31. The first-order valence-corrected chi connectivity index (χ1v) is 8.54. The number of aromatic nitrogens is 1. The quantitative estimate of drug-likeness (QED) is 0.903. The zero-order valence-electron chi connectivity index (χ0n) is 11.6. The van der Waals surface area contributed by atoms with Crippen molar-refractivity contribution in [1.29, 1.82) is 0 Å². The van der Waals surface area contributed by atoms with Gasteiger partial charge in [0.1, 0.15) is 0 Å². The fourth-order valence-corrected chi connectivity index (χ4v) is 4.33. The van der Waals surface area contributed by atoms with Crippen LogP contribution < -0.4 is 4.72 Å². The van der Waals surface area contributed by atoms with Crippen molar-refractivity contribution in [3.8, 4) is 0 Å². The van der Waals surface area contributed by atoms with Crippen LogP contribution in [0.25, 0.3) is 0 Å². The fraction of sp³-hybridized carbons (Fsp3) is 0.643. The van der Waals surface area contributed by atoms with Crippen molar-refractivity contribution in [2.24, 2.45) is 5.92 Å². The number of aryl methyl sites for hydroxylation is 1. The molecule has 106 valence electrons. The Morgan fingerprint density at radius 1 is 1.37 bits per heavy atom. The maximum Gasteiger partial charge on any atom is 0.212 e. The van der Waals surface area contributed by atoms with Crippen LogP contribution in [0.3, 0.4) is 0 Å². The number of sulfonamides is 1. The number of pyridine rings is 1. The van der Waals surface area contributed by atoms with Crippen molar-refractivity contribution in [3.63, 3.8) is 0 Å². The monoisotopic (exact) mass is 282 g/mol. The topological polar surface area (TPSA) is 59.1 Å². The highest BCUT2D eigenvalue weighted by Crippen LogP contribution is 2.26. The smallest absolute Gasteiger partial charge is 0.212 e. The van der Waals surface area contributed by atoms with E-state index in [4.69, 9.17) is 0 Å². The van der Waals surface area contributed by atoms with Gasteiger partial charge in [-0.1, -0.05) is 18.9 Å². The number of rotatable bonds is 5. The van der Waals surface area contributed by atoms with E-state index in [1.54, 1.807) is 6.20 Å². The van der Waals surface area contributed by atoms with Crippen LogP contribution in [0, 0.1) is 12.8 Å². The lowest BCUT2D eigenvalue weighted by atomic mass is 10.1. The van der Waals surface area contributed by atoms with Crippen molar-refractivity contribution in [3.05, 3.63) is 29.6 Å². The average molecular weight is 282 g/mol. The van der Waals surface area contributed by atoms with Crippen molar-refractivity contribution in [2.45, 2.75) is 45.6 Å². The molecule has 0 radical (unpaired) electrons. The molecule has 1 N–H and O–H groups in total. The van der Waals surface area contributed by atoms with E-state index in [0.717, 1.165) is 36.9 Å². The Balaban J connectivity index is 1.96. The summed E-state index contributed by atoms with van der Waals surface area (Å²) in [5, 5.41) is 0. The van der Waals surface area contributed by atoms with Gasteiger partial charge in [-0.3, -0.25) is 4.98 Å². The first kappa shape index (κ1) is 14.5. The summed E-state index contributed by atoms with van der Waals surface area (Å²) in [5.74, 6) is 0.595. The first-order valence-electron chi connectivity index (χ1n) is 6.89. The van der Waals surface area contributed by atoms with E-state index in [-0.39, 0.29) is 11.8 Å². The molecule has 1 saturated carbocycles. The Bertz CT molecular complexity index is 505. The number of hydrogen-bond donors (Lipinski definition) is 1. The van der Waals surface area contributed by atoms with Crippen LogP contribution in [-0.2, 0) is 10.0 Å².